The highest BCUT2D eigenvalue weighted by Crippen LogP contribution is 2.49. The van der Waals surface area contributed by atoms with Gasteiger partial charge in [-0.3, -0.25) is 4.48 Å². The lowest BCUT2D eigenvalue weighted by molar-refractivity contribution is 0.297. The SMILES string of the molecule is CC1C(CCCS(=O)(=O)[O-])c2c(ccc3ccccc23)[N+]1(C)C. The van der Waals surface area contributed by atoms with Crippen molar-refractivity contribution in [2.24, 2.45) is 0 Å². The molecule has 0 radical (unpaired) electrons. The standard InChI is InChI=1S/C18H23NO3S/c1-13-15(9-6-12-23(20,21)22)18-16-8-5-4-7-14(16)10-11-17(18)19(13,2)3/h4-5,7-8,10-11,13,15H,6,9,12H2,1-3H3. The van der Waals surface area contributed by atoms with Gasteiger partial charge in [0.1, 0.15) is 5.69 Å². The Hall–Kier alpha value is -1.43. The second-order valence-corrected chi connectivity index (χ2v) is 8.53. The highest BCUT2D eigenvalue weighted by Gasteiger charge is 2.45. The Morgan fingerprint density at radius 3 is 2.52 bits per heavy atom. The third-order valence-electron chi connectivity index (χ3n) is 5.45. The van der Waals surface area contributed by atoms with Gasteiger partial charge in [-0.15, -0.1) is 0 Å². The number of hydrogen-bond acceptors (Lipinski definition) is 3. The van der Waals surface area contributed by atoms with E-state index in [2.05, 4.69) is 45.3 Å². The largest absolute Gasteiger partial charge is 0.748 e. The second-order valence-electron chi connectivity index (χ2n) is 7.01. The molecule has 124 valence electrons. The van der Waals surface area contributed by atoms with Crippen molar-refractivity contribution in [2.45, 2.75) is 31.7 Å². The van der Waals surface area contributed by atoms with Crippen LogP contribution < -0.4 is 4.48 Å². The van der Waals surface area contributed by atoms with Crippen LogP contribution in [0.4, 0.5) is 5.69 Å². The molecule has 1 aliphatic rings. The Morgan fingerprint density at radius 2 is 1.83 bits per heavy atom. The molecule has 1 aliphatic heterocycles. The number of hydrogen-bond donors (Lipinski definition) is 0. The van der Waals surface area contributed by atoms with Crippen molar-refractivity contribution >= 4 is 26.6 Å². The van der Waals surface area contributed by atoms with Crippen LogP contribution in [0.1, 0.15) is 31.2 Å². The molecular formula is C18H23NO3S. The molecule has 2 aromatic rings. The zero-order valence-corrected chi connectivity index (χ0v) is 14.6. The zero-order chi connectivity index (χ0) is 16.8. The van der Waals surface area contributed by atoms with Crippen LogP contribution in [0.3, 0.4) is 0 Å². The van der Waals surface area contributed by atoms with E-state index in [4.69, 9.17) is 0 Å². The predicted molar refractivity (Wildman–Crippen MR) is 93.6 cm³/mol. The molecule has 0 bridgehead atoms. The van der Waals surface area contributed by atoms with E-state index in [9.17, 15) is 13.0 Å². The first kappa shape index (κ1) is 16.4. The lowest BCUT2D eigenvalue weighted by atomic mass is 9.88. The summed E-state index contributed by atoms with van der Waals surface area (Å²) in [6, 6.07) is 13.0. The molecule has 2 unspecified atom stereocenters. The third kappa shape index (κ3) is 2.89. The third-order valence-corrected chi connectivity index (χ3v) is 6.24. The number of nitrogens with zero attached hydrogens (tertiary/aromatic N) is 1. The normalized spacial score (nSPS) is 23.1. The summed E-state index contributed by atoms with van der Waals surface area (Å²) in [5.41, 5.74) is 2.62. The number of fused-ring (bicyclic) bond motifs is 3. The van der Waals surface area contributed by atoms with E-state index in [0.717, 1.165) is 10.9 Å². The maximum atomic E-state index is 10.9. The first-order valence-corrected chi connectivity index (χ1v) is 9.59. The van der Waals surface area contributed by atoms with Gasteiger partial charge in [0.15, 0.2) is 0 Å². The summed E-state index contributed by atoms with van der Waals surface area (Å²) < 4.78 is 33.5. The van der Waals surface area contributed by atoms with Gasteiger partial charge in [-0.05, 0) is 36.6 Å². The Bertz CT molecular complexity index is 842. The van der Waals surface area contributed by atoms with Gasteiger partial charge in [0.2, 0.25) is 0 Å². The van der Waals surface area contributed by atoms with E-state index < -0.39 is 10.1 Å². The van der Waals surface area contributed by atoms with Gasteiger partial charge >= 0.3 is 0 Å². The van der Waals surface area contributed by atoms with E-state index in [1.807, 2.05) is 12.1 Å². The van der Waals surface area contributed by atoms with Gasteiger partial charge in [0.25, 0.3) is 0 Å². The minimum atomic E-state index is -4.14. The Morgan fingerprint density at radius 1 is 1.13 bits per heavy atom. The molecule has 2 aromatic carbocycles. The molecule has 4 nitrogen and oxygen atoms in total. The minimum Gasteiger partial charge on any atom is -0.748 e. The summed E-state index contributed by atoms with van der Waals surface area (Å²) >= 11 is 0. The molecular weight excluding hydrogens is 310 g/mol. The summed E-state index contributed by atoms with van der Waals surface area (Å²) in [6.45, 7) is 2.21. The van der Waals surface area contributed by atoms with Crippen LogP contribution in [0.15, 0.2) is 36.4 Å². The first-order valence-electron chi connectivity index (χ1n) is 8.01. The lowest BCUT2D eigenvalue weighted by Gasteiger charge is -2.31. The summed E-state index contributed by atoms with van der Waals surface area (Å²) in [5, 5.41) is 2.46. The number of rotatable bonds is 4. The minimum absolute atomic E-state index is 0.271. The van der Waals surface area contributed by atoms with Crippen molar-refractivity contribution in [2.75, 3.05) is 19.8 Å². The quantitative estimate of drug-likeness (QED) is 0.637. The van der Waals surface area contributed by atoms with Crippen molar-refractivity contribution in [3.63, 3.8) is 0 Å². The van der Waals surface area contributed by atoms with Crippen LogP contribution in [0, 0.1) is 0 Å². The maximum Gasteiger partial charge on any atom is 0.137 e. The highest BCUT2D eigenvalue weighted by atomic mass is 32.2. The fraction of sp³-hybridized carbons (Fsp3) is 0.444. The lowest BCUT2D eigenvalue weighted by Crippen LogP contribution is -2.46. The molecule has 0 fully saturated rings. The van der Waals surface area contributed by atoms with Crippen LogP contribution in [-0.2, 0) is 10.1 Å². The summed E-state index contributed by atoms with van der Waals surface area (Å²) in [7, 11) is 0.257. The van der Waals surface area contributed by atoms with Gasteiger partial charge in [-0.25, -0.2) is 8.42 Å². The molecule has 0 saturated heterocycles. The molecule has 0 aromatic heterocycles. The van der Waals surface area contributed by atoms with E-state index in [1.165, 1.54) is 22.0 Å². The average Bonchev–Trinajstić information content (AvgIpc) is 2.67. The van der Waals surface area contributed by atoms with Gasteiger partial charge in [0.05, 0.1) is 30.3 Å². The van der Waals surface area contributed by atoms with Crippen LogP contribution in [-0.4, -0.2) is 38.9 Å². The molecule has 5 heteroatoms. The van der Waals surface area contributed by atoms with Crippen molar-refractivity contribution in [3.05, 3.63) is 42.0 Å². The summed E-state index contributed by atoms with van der Waals surface area (Å²) in [4.78, 5) is 0. The topological polar surface area (TPSA) is 57.2 Å². The average molecular weight is 333 g/mol. The first-order chi connectivity index (χ1) is 10.7. The van der Waals surface area contributed by atoms with Gasteiger partial charge in [-0.1, -0.05) is 24.3 Å². The molecule has 2 atom stereocenters. The Kier molecular flexibility index (Phi) is 3.99. The Balaban J connectivity index is 2.04. The molecule has 1 heterocycles. The summed E-state index contributed by atoms with van der Waals surface area (Å²) in [5.74, 6) is -0.00290. The van der Waals surface area contributed by atoms with Gasteiger partial charge in [-0.2, -0.15) is 0 Å². The molecule has 0 saturated carbocycles. The van der Waals surface area contributed by atoms with E-state index in [0.29, 0.717) is 12.5 Å². The molecule has 0 amide bonds. The fourth-order valence-electron chi connectivity index (χ4n) is 3.95. The molecule has 3 rings (SSSR count). The molecule has 23 heavy (non-hydrogen) atoms. The van der Waals surface area contributed by atoms with Crippen molar-refractivity contribution < 1.29 is 13.0 Å². The zero-order valence-electron chi connectivity index (χ0n) is 13.8. The molecule has 0 aliphatic carbocycles. The number of likely N-dealkylation sites (N-methyl/N-ethyl adjacent to an activating group) is 1. The number of benzene rings is 2. The highest BCUT2D eigenvalue weighted by molar-refractivity contribution is 7.85. The van der Waals surface area contributed by atoms with Crippen LogP contribution in [0.2, 0.25) is 0 Å². The van der Waals surface area contributed by atoms with Crippen LogP contribution in [0.25, 0.3) is 10.8 Å². The van der Waals surface area contributed by atoms with Crippen LogP contribution >= 0.6 is 0 Å². The number of quaternary nitrogens is 1. The van der Waals surface area contributed by atoms with E-state index in [1.54, 1.807) is 0 Å². The monoisotopic (exact) mass is 333 g/mol. The van der Waals surface area contributed by atoms with Crippen LogP contribution in [0.5, 0.6) is 0 Å². The fourth-order valence-corrected chi connectivity index (χ4v) is 4.47. The van der Waals surface area contributed by atoms with Crippen molar-refractivity contribution in [3.8, 4) is 0 Å². The molecule has 0 spiro atoms. The molecule has 0 N–H and O–H groups in total. The van der Waals surface area contributed by atoms with Gasteiger partial charge < -0.3 is 4.55 Å². The smallest absolute Gasteiger partial charge is 0.137 e. The van der Waals surface area contributed by atoms with Crippen molar-refractivity contribution in [1.82, 2.24) is 4.48 Å². The van der Waals surface area contributed by atoms with E-state index >= 15 is 0 Å². The maximum absolute atomic E-state index is 10.9. The summed E-state index contributed by atoms with van der Waals surface area (Å²) in [6.07, 6.45) is 1.15. The predicted octanol–water partition coefficient (Wildman–Crippen LogP) is 3.22. The Labute approximate surface area is 138 Å². The van der Waals surface area contributed by atoms with Crippen molar-refractivity contribution in [1.29, 1.82) is 0 Å². The van der Waals surface area contributed by atoms with E-state index in [-0.39, 0.29) is 11.7 Å². The van der Waals surface area contributed by atoms with Gasteiger partial charge in [0, 0.05) is 23.3 Å². The second kappa shape index (κ2) is 5.58.